The van der Waals surface area contributed by atoms with E-state index in [9.17, 15) is 9.90 Å². The minimum atomic E-state index is -0.539. The van der Waals surface area contributed by atoms with Crippen LogP contribution in [0.1, 0.15) is 44.4 Å². The molecular formula is C19H25NO3S. The Bertz CT molecular complexity index is 630. The number of amides is 1. The molecule has 0 bridgehead atoms. The fraction of sp³-hybridized carbons (Fsp3) is 0.421. The maximum absolute atomic E-state index is 11.8. The van der Waals surface area contributed by atoms with Crippen LogP contribution >= 0.6 is 11.3 Å². The molecule has 0 aliphatic rings. The fourth-order valence-corrected chi connectivity index (χ4v) is 2.94. The number of nitrogens with one attached hydrogen (secondary N) is 1. The Balaban J connectivity index is 1.69. The van der Waals surface area contributed by atoms with Crippen molar-refractivity contribution >= 4 is 17.2 Å². The van der Waals surface area contributed by atoms with Gasteiger partial charge in [-0.25, -0.2) is 0 Å². The number of rotatable bonds is 7. The number of hydrogen-bond donors (Lipinski definition) is 2. The van der Waals surface area contributed by atoms with Crippen molar-refractivity contribution in [2.45, 2.75) is 38.7 Å². The third-order valence-electron chi connectivity index (χ3n) is 3.76. The molecule has 2 aromatic rings. The molecule has 0 aliphatic heterocycles. The van der Waals surface area contributed by atoms with E-state index >= 15 is 0 Å². The van der Waals surface area contributed by atoms with E-state index in [2.05, 4.69) is 26.1 Å². The molecule has 2 rings (SSSR count). The van der Waals surface area contributed by atoms with Gasteiger partial charge >= 0.3 is 0 Å². The predicted molar refractivity (Wildman–Crippen MR) is 97.5 cm³/mol. The van der Waals surface area contributed by atoms with Crippen molar-refractivity contribution in [1.82, 2.24) is 5.32 Å². The third kappa shape index (κ3) is 5.65. The highest BCUT2D eigenvalue weighted by Gasteiger charge is 2.13. The molecule has 2 N–H and O–H groups in total. The first-order valence-corrected chi connectivity index (χ1v) is 9.01. The predicted octanol–water partition coefficient (Wildman–Crippen LogP) is 3.66. The Morgan fingerprint density at radius 1 is 1.25 bits per heavy atom. The van der Waals surface area contributed by atoms with E-state index in [0.717, 1.165) is 5.56 Å². The summed E-state index contributed by atoms with van der Waals surface area (Å²) in [5.74, 6) is 0.490. The van der Waals surface area contributed by atoms with Gasteiger partial charge in [0.2, 0.25) is 0 Å². The van der Waals surface area contributed by atoms with E-state index in [-0.39, 0.29) is 17.9 Å². The van der Waals surface area contributed by atoms with E-state index in [0.29, 0.717) is 18.7 Å². The van der Waals surface area contributed by atoms with Gasteiger partial charge in [0.15, 0.2) is 6.61 Å². The minimum absolute atomic E-state index is 0.0244. The zero-order valence-electron chi connectivity index (χ0n) is 14.4. The van der Waals surface area contributed by atoms with Crippen LogP contribution < -0.4 is 10.1 Å². The number of ether oxygens (including phenoxy) is 1. The second-order valence-electron chi connectivity index (χ2n) is 6.77. The van der Waals surface area contributed by atoms with Crippen molar-refractivity contribution in [2.75, 3.05) is 13.2 Å². The van der Waals surface area contributed by atoms with E-state index in [1.807, 2.05) is 41.1 Å². The largest absolute Gasteiger partial charge is 0.484 e. The van der Waals surface area contributed by atoms with Crippen LogP contribution in [0.3, 0.4) is 0 Å². The van der Waals surface area contributed by atoms with Gasteiger partial charge in [-0.1, -0.05) is 32.9 Å². The molecular weight excluding hydrogens is 322 g/mol. The lowest BCUT2D eigenvalue weighted by molar-refractivity contribution is -0.123. The average Bonchev–Trinajstić information content (AvgIpc) is 3.07. The van der Waals surface area contributed by atoms with Crippen LogP contribution in [0, 0.1) is 0 Å². The van der Waals surface area contributed by atoms with E-state index < -0.39 is 6.10 Å². The molecule has 1 heterocycles. The van der Waals surface area contributed by atoms with Crippen LogP contribution in [0.2, 0.25) is 0 Å². The van der Waals surface area contributed by atoms with Gasteiger partial charge in [-0.3, -0.25) is 4.79 Å². The molecule has 1 atom stereocenters. The molecule has 0 saturated heterocycles. The van der Waals surface area contributed by atoms with E-state index in [4.69, 9.17) is 4.74 Å². The van der Waals surface area contributed by atoms with Crippen LogP contribution in [0.5, 0.6) is 5.75 Å². The molecule has 24 heavy (non-hydrogen) atoms. The van der Waals surface area contributed by atoms with Gasteiger partial charge in [0.25, 0.3) is 5.91 Å². The maximum atomic E-state index is 11.8. The summed E-state index contributed by atoms with van der Waals surface area (Å²) in [5.41, 5.74) is 2.21. The smallest absolute Gasteiger partial charge is 0.257 e. The first-order chi connectivity index (χ1) is 11.4. The first-order valence-electron chi connectivity index (χ1n) is 8.06. The molecule has 1 aromatic carbocycles. The van der Waals surface area contributed by atoms with Crippen molar-refractivity contribution in [2.24, 2.45) is 0 Å². The van der Waals surface area contributed by atoms with Gasteiger partial charge < -0.3 is 15.2 Å². The van der Waals surface area contributed by atoms with Gasteiger partial charge in [-0.15, -0.1) is 0 Å². The summed E-state index contributed by atoms with van der Waals surface area (Å²) >= 11 is 1.55. The lowest BCUT2D eigenvalue weighted by Crippen LogP contribution is -2.30. The van der Waals surface area contributed by atoms with Crippen molar-refractivity contribution in [3.63, 3.8) is 0 Å². The first kappa shape index (κ1) is 18.5. The van der Waals surface area contributed by atoms with E-state index in [1.54, 1.807) is 11.3 Å². The highest BCUT2D eigenvalue weighted by molar-refractivity contribution is 7.07. The highest BCUT2D eigenvalue weighted by atomic mass is 32.1. The molecule has 0 fully saturated rings. The number of benzene rings is 1. The number of thiophene rings is 1. The van der Waals surface area contributed by atoms with Gasteiger partial charge in [0.05, 0.1) is 6.10 Å². The number of carbonyl (C=O) groups excluding carboxylic acids is 1. The number of aliphatic hydroxyl groups excluding tert-OH is 1. The van der Waals surface area contributed by atoms with Crippen molar-refractivity contribution in [3.05, 3.63) is 52.2 Å². The summed E-state index contributed by atoms with van der Waals surface area (Å²) in [4.78, 5) is 11.8. The molecule has 0 radical (unpaired) electrons. The molecule has 0 saturated carbocycles. The minimum Gasteiger partial charge on any atom is -0.484 e. The Hall–Kier alpha value is -1.85. The van der Waals surface area contributed by atoms with Crippen molar-refractivity contribution in [1.29, 1.82) is 0 Å². The van der Waals surface area contributed by atoms with Crippen LogP contribution in [-0.2, 0) is 10.2 Å². The summed E-state index contributed by atoms with van der Waals surface area (Å²) in [5, 5.41) is 16.5. The SMILES string of the molecule is CC(C)(C)c1ccc(OCC(=O)NCCC(O)c2ccsc2)cc1. The van der Waals surface area contributed by atoms with Crippen LogP contribution in [0.4, 0.5) is 0 Å². The topological polar surface area (TPSA) is 58.6 Å². The van der Waals surface area contributed by atoms with Crippen LogP contribution in [-0.4, -0.2) is 24.2 Å². The zero-order chi connectivity index (χ0) is 17.6. The summed E-state index contributed by atoms with van der Waals surface area (Å²) in [7, 11) is 0. The molecule has 5 heteroatoms. The van der Waals surface area contributed by atoms with Crippen LogP contribution in [0.15, 0.2) is 41.1 Å². The third-order valence-corrected chi connectivity index (χ3v) is 4.46. The second kappa shape index (κ2) is 8.31. The number of aliphatic hydroxyl groups is 1. The Morgan fingerprint density at radius 3 is 2.54 bits per heavy atom. The zero-order valence-corrected chi connectivity index (χ0v) is 15.2. The summed E-state index contributed by atoms with van der Waals surface area (Å²) < 4.78 is 5.49. The van der Waals surface area contributed by atoms with Crippen molar-refractivity contribution in [3.8, 4) is 5.75 Å². The molecule has 4 nitrogen and oxygen atoms in total. The standard InChI is InChI=1S/C19H25NO3S/c1-19(2,3)15-4-6-16(7-5-15)23-12-18(22)20-10-8-17(21)14-9-11-24-13-14/h4-7,9,11,13,17,21H,8,10,12H2,1-3H3,(H,20,22). The highest BCUT2D eigenvalue weighted by Crippen LogP contribution is 2.24. The average molecular weight is 347 g/mol. The van der Waals surface area contributed by atoms with Gasteiger partial charge in [0.1, 0.15) is 5.75 Å². The summed E-state index contributed by atoms with van der Waals surface area (Å²) in [6.07, 6.45) is -0.0506. The number of carbonyl (C=O) groups is 1. The normalized spacial score (nSPS) is 12.7. The monoisotopic (exact) mass is 347 g/mol. The molecule has 0 aliphatic carbocycles. The second-order valence-corrected chi connectivity index (χ2v) is 7.55. The summed E-state index contributed by atoms with van der Waals surface area (Å²) in [6.45, 7) is 6.86. The van der Waals surface area contributed by atoms with Crippen LogP contribution in [0.25, 0.3) is 0 Å². The fourth-order valence-electron chi connectivity index (χ4n) is 2.23. The lowest BCUT2D eigenvalue weighted by Gasteiger charge is -2.19. The van der Waals surface area contributed by atoms with E-state index in [1.165, 1.54) is 5.56 Å². The molecule has 1 amide bonds. The maximum Gasteiger partial charge on any atom is 0.257 e. The van der Waals surface area contributed by atoms with Gasteiger partial charge in [-0.2, -0.15) is 11.3 Å². The summed E-state index contributed by atoms with van der Waals surface area (Å²) in [6, 6.07) is 9.69. The quantitative estimate of drug-likeness (QED) is 0.803. The van der Waals surface area contributed by atoms with Gasteiger partial charge in [0, 0.05) is 6.54 Å². The molecule has 0 spiro atoms. The Kier molecular flexibility index (Phi) is 6.40. The molecule has 1 unspecified atom stereocenters. The Morgan fingerprint density at radius 2 is 1.96 bits per heavy atom. The molecule has 130 valence electrons. The Labute approximate surface area is 147 Å². The lowest BCUT2D eigenvalue weighted by atomic mass is 9.87. The van der Waals surface area contributed by atoms with Crippen molar-refractivity contribution < 1.29 is 14.6 Å². The molecule has 1 aromatic heterocycles. The number of hydrogen-bond acceptors (Lipinski definition) is 4. The van der Waals surface area contributed by atoms with Gasteiger partial charge in [-0.05, 0) is 51.9 Å².